The fraction of sp³-hybridized carbons (Fsp3) is 0.118. The topological polar surface area (TPSA) is 79.2 Å². The lowest BCUT2D eigenvalue weighted by Gasteiger charge is -2.14. The molecule has 0 aromatic heterocycles. The van der Waals surface area contributed by atoms with Crippen LogP contribution in [0, 0.1) is 23.0 Å². The van der Waals surface area contributed by atoms with Crippen molar-refractivity contribution in [3.63, 3.8) is 0 Å². The number of benzene rings is 2. The third-order valence-electron chi connectivity index (χ3n) is 3.14. The van der Waals surface area contributed by atoms with Crippen molar-refractivity contribution in [2.75, 3.05) is 5.32 Å². The SMILES string of the molecule is C[C@H](OC(=O)c1cc(F)c(F)cc1Cl)C(=O)Nc1cccc(C#N)c1. The number of ether oxygens (including phenoxy) is 1. The molecule has 0 aliphatic rings. The van der Waals surface area contributed by atoms with Gasteiger partial charge in [0.2, 0.25) is 0 Å². The molecule has 0 unspecified atom stereocenters. The molecule has 1 amide bonds. The molecule has 0 saturated heterocycles. The van der Waals surface area contributed by atoms with Gasteiger partial charge in [-0.1, -0.05) is 17.7 Å². The van der Waals surface area contributed by atoms with Crippen molar-refractivity contribution >= 4 is 29.2 Å². The van der Waals surface area contributed by atoms with Crippen LogP contribution in [0.5, 0.6) is 0 Å². The van der Waals surface area contributed by atoms with Gasteiger partial charge >= 0.3 is 5.97 Å². The van der Waals surface area contributed by atoms with E-state index in [1.54, 1.807) is 18.2 Å². The van der Waals surface area contributed by atoms with Crippen LogP contribution < -0.4 is 5.32 Å². The summed E-state index contributed by atoms with van der Waals surface area (Å²) in [6.45, 7) is 1.30. The van der Waals surface area contributed by atoms with Crippen molar-refractivity contribution in [2.24, 2.45) is 0 Å². The molecule has 0 saturated carbocycles. The van der Waals surface area contributed by atoms with E-state index >= 15 is 0 Å². The fourth-order valence-corrected chi connectivity index (χ4v) is 2.09. The molecule has 25 heavy (non-hydrogen) atoms. The highest BCUT2D eigenvalue weighted by Crippen LogP contribution is 2.21. The van der Waals surface area contributed by atoms with E-state index < -0.39 is 35.2 Å². The predicted molar refractivity (Wildman–Crippen MR) is 86.0 cm³/mol. The first-order valence-corrected chi connectivity index (χ1v) is 7.36. The maximum atomic E-state index is 13.2. The van der Waals surface area contributed by atoms with Crippen LogP contribution in [0.25, 0.3) is 0 Å². The lowest BCUT2D eigenvalue weighted by Crippen LogP contribution is -2.30. The normalized spacial score (nSPS) is 11.3. The molecule has 1 N–H and O–H groups in total. The Hall–Kier alpha value is -2.98. The van der Waals surface area contributed by atoms with Crippen LogP contribution in [-0.4, -0.2) is 18.0 Å². The molecular weight excluding hydrogens is 354 g/mol. The average Bonchev–Trinajstić information content (AvgIpc) is 2.58. The summed E-state index contributed by atoms with van der Waals surface area (Å²) in [4.78, 5) is 24.0. The van der Waals surface area contributed by atoms with Gasteiger partial charge in [0.25, 0.3) is 5.91 Å². The van der Waals surface area contributed by atoms with Crippen molar-refractivity contribution in [1.82, 2.24) is 0 Å². The minimum absolute atomic E-state index is 0.335. The first kappa shape index (κ1) is 18.4. The zero-order valence-electron chi connectivity index (χ0n) is 12.8. The van der Waals surface area contributed by atoms with Gasteiger partial charge in [-0.2, -0.15) is 5.26 Å². The van der Waals surface area contributed by atoms with Crippen LogP contribution in [0.2, 0.25) is 5.02 Å². The largest absolute Gasteiger partial charge is 0.449 e. The molecule has 1 atom stereocenters. The zero-order chi connectivity index (χ0) is 18.6. The number of hydrogen-bond donors (Lipinski definition) is 1. The number of nitrogens with one attached hydrogen (secondary N) is 1. The van der Waals surface area contributed by atoms with E-state index in [0.29, 0.717) is 23.4 Å². The van der Waals surface area contributed by atoms with E-state index in [4.69, 9.17) is 21.6 Å². The number of nitrogens with zero attached hydrogens (tertiary/aromatic N) is 1. The summed E-state index contributed by atoms with van der Waals surface area (Å²) in [5.74, 6) is -4.20. The Morgan fingerprint density at radius 2 is 1.92 bits per heavy atom. The first-order chi connectivity index (χ1) is 11.8. The molecule has 5 nitrogen and oxygen atoms in total. The second-order valence-electron chi connectivity index (χ2n) is 4.98. The van der Waals surface area contributed by atoms with Crippen LogP contribution in [0.15, 0.2) is 36.4 Å². The molecule has 0 aliphatic heterocycles. The van der Waals surface area contributed by atoms with Crippen molar-refractivity contribution < 1.29 is 23.1 Å². The molecule has 0 heterocycles. The van der Waals surface area contributed by atoms with E-state index in [0.717, 1.165) is 0 Å². The fourth-order valence-electron chi connectivity index (χ4n) is 1.87. The van der Waals surface area contributed by atoms with Gasteiger partial charge in [0.05, 0.1) is 22.2 Å². The Morgan fingerprint density at radius 3 is 2.60 bits per heavy atom. The Balaban J connectivity index is 2.07. The highest BCUT2D eigenvalue weighted by molar-refractivity contribution is 6.33. The van der Waals surface area contributed by atoms with Gasteiger partial charge < -0.3 is 10.1 Å². The van der Waals surface area contributed by atoms with Gasteiger partial charge in [-0.05, 0) is 37.3 Å². The van der Waals surface area contributed by atoms with Gasteiger partial charge in [0, 0.05) is 5.69 Å². The average molecular weight is 365 g/mol. The molecule has 2 rings (SSSR count). The maximum absolute atomic E-state index is 13.2. The van der Waals surface area contributed by atoms with E-state index in [1.807, 2.05) is 6.07 Å². The smallest absolute Gasteiger partial charge is 0.340 e. The summed E-state index contributed by atoms with van der Waals surface area (Å²) < 4.78 is 31.2. The number of halogens is 3. The second-order valence-corrected chi connectivity index (χ2v) is 5.38. The van der Waals surface area contributed by atoms with E-state index in [-0.39, 0.29) is 5.02 Å². The zero-order valence-corrected chi connectivity index (χ0v) is 13.6. The van der Waals surface area contributed by atoms with Gasteiger partial charge in [-0.3, -0.25) is 4.79 Å². The number of anilines is 1. The molecular formula is C17H11ClF2N2O3. The summed E-state index contributed by atoms with van der Waals surface area (Å²) in [6.07, 6.45) is -1.23. The van der Waals surface area contributed by atoms with Crippen molar-refractivity contribution in [1.29, 1.82) is 5.26 Å². The number of amides is 1. The Kier molecular flexibility index (Phi) is 5.67. The summed E-state index contributed by atoms with van der Waals surface area (Å²) in [7, 11) is 0. The molecule has 128 valence electrons. The molecule has 0 radical (unpaired) electrons. The van der Waals surface area contributed by atoms with Gasteiger partial charge in [0.15, 0.2) is 17.7 Å². The Labute approximate surface area is 146 Å². The van der Waals surface area contributed by atoms with Crippen LogP contribution >= 0.6 is 11.6 Å². The number of hydrogen-bond acceptors (Lipinski definition) is 4. The highest BCUT2D eigenvalue weighted by Gasteiger charge is 2.22. The van der Waals surface area contributed by atoms with Crippen LogP contribution in [0.1, 0.15) is 22.8 Å². The second kappa shape index (κ2) is 7.73. The third kappa shape index (κ3) is 4.52. The van der Waals surface area contributed by atoms with Crippen LogP contribution in [0.3, 0.4) is 0 Å². The van der Waals surface area contributed by atoms with Gasteiger partial charge in [-0.25, -0.2) is 13.6 Å². The monoisotopic (exact) mass is 364 g/mol. The van der Waals surface area contributed by atoms with Crippen molar-refractivity contribution in [3.05, 3.63) is 64.2 Å². The predicted octanol–water partition coefficient (Wildman–Crippen LogP) is 3.67. The van der Waals surface area contributed by atoms with Crippen LogP contribution in [-0.2, 0) is 9.53 Å². The van der Waals surface area contributed by atoms with Crippen molar-refractivity contribution in [2.45, 2.75) is 13.0 Å². The number of carbonyl (C=O) groups excluding carboxylic acids is 2. The summed E-state index contributed by atoms with van der Waals surface area (Å²) in [5, 5.41) is 11.0. The molecule has 0 aliphatic carbocycles. The molecule has 2 aromatic rings. The minimum atomic E-state index is -1.26. The number of nitriles is 1. The Morgan fingerprint density at radius 1 is 1.24 bits per heavy atom. The van der Waals surface area contributed by atoms with E-state index in [9.17, 15) is 18.4 Å². The molecule has 2 aromatic carbocycles. The van der Waals surface area contributed by atoms with Gasteiger partial charge in [-0.15, -0.1) is 0 Å². The van der Waals surface area contributed by atoms with E-state index in [1.165, 1.54) is 13.0 Å². The van der Waals surface area contributed by atoms with E-state index in [2.05, 4.69) is 5.32 Å². The Bertz CT molecular complexity index is 881. The first-order valence-electron chi connectivity index (χ1n) is 6.98. The van der Waals surface area contributed by atoms with Crippen LogP contribution in [0.4, 0.5) is 14.5 Å². The lowest BCUT2D eigenvalue weighted by atomic mass is 10.2. The minimum Gasteiger partial charge on any atom is -0.449 e. The van der Waals surface area contributed by atoms with Gasteiger partial charge in [0.1, 0.15) is 0 Å². The molecule has 0 fully saturated rings. The number of esters is 1. The maximum Gasteiger partial charge on any atom is 0.340 e. The number of rotatable bonds is 4. The molecule has 8 heteroatoms. The molecule has 0 bridgehead atoms. The lowest BCUT2D eigenvalue weighted by molar-refractivity contribution is -0.123. The quantitative estimate of drug-likeness (QED) is 0.663. The van der Waals surface area contributed by atoms with Crippen molar-refractivity contribution in [3.8, 4) is 6.07 Å². The molecule has 0 spiro atoms. The highest BCUT2D eigenvalue weighted by atomic mass is 35.5. The standard InChI is InChI=1S/C17H11ClF2N2O3/c1-9(16(23)22-11-4-2-3-10(5-11)8-21)25-17(24)12-6-14(19)15(20)7-13(12)18/h2-7,9H,1H3,(H,22,23)/t9-/m0/s1. The summed E-state index contributed by atoms with van der Waals surface area (Å²) in [6, 6.07) is 9.30. The summed E-state index contributed by atoms with van der Waals surface area (Å²) in [5.41, 5.74) is 0.292. The number of carbonyl (C=O) groups is 2. The summed E-state index contributed by atoms with van der Waals surface area (Å²) >= 11 is 5.68. The third-order valence-corrected chi connectivity index (χ3v) is 3.45.